The Hall–Kier alpha value is -0.0800. The van der Waals surface area contributed by atoms with E-state index in [1.54, 1.807) is 6.92 Å². The second-order valence-electron chi connectivity index (χ2n) is 1.95. The minimum Gasteiger partial charge on any atom is -0.397 e. The van der Waals surface area contributed by atoms with Gasteiger partial charge in [0.25, 0.3) is 0 Å². The van der Waals surface area contributed by atoms with Crippen molar-refractivity contribution in [2.24, 2.45) is 11.7 Å². The SMILES string of the molecule is CC(C)CN.CCO. The Kier molecular flexibility index (Phi) is 13.6. The van der Waals surface area contributed by atoms with Crippen molar-refractivity contribution in [3.05, 3.63) is 0 Å². The standard InChI is InChI=1S/C4H11N.C2H6O/c1-4(2)3-5;1-2-3/h4H,3,5H2,1-2H3;3H,2H2,1H3. The van der Waals surface area contributed by atoms with E-state index in [0.717, 1.165) is 6.54 Å². The van der Waals surface area contributed by atoms with Crippen molar-refractivity contribution in [3.8, 4) is 0 Å². The van der Waals surface area contributed by atoms with Crippen LogP contribution in [0, 0.1) is 5.92 Å². The molecule has 0 unspecified atom stereocenters. The first-order valence-corrected chi connectivity index (χ1v) is 2.99. The van der Waals surface area contributed by atoms with E-state index in [9.17, 15) is 0 Å². The highest BCUT2D eigenvalue weighted by atomic mass is 16.2. The summed E-state index contributed by atoms with van der Waals surface area (Å²) in [7, 11) is 0. The highest BCUT2D eigenvalue weighted by molar-refractivity contribution is 4.38. The van der Waals surface area contributed by atoms with E-state index in [2.05, 4.69) is 13.8 Å². The van der Waals surface area contributed by atoms with Crippen molar-refractivity contribution >= 4 is 0 Å². The predicted octanol–water partition coefficient (Wildman–Crippen LogP) is 0.600. The lowest BCUT2D eigenvalue weighted by Gasteiger charge is -1.91. The monoisotopic (exact) mass is 119 g/mol. The van der Waals surface area contributed by atoms with Gasteiger partial charge in [0.05, 0.1) is 0 Å². The lowest BCUT2D eigenvalue weighted by molar-refractivity contribution is 0.318. The maximum Gasteiger partial charge on any atom is 0.0402 e. The summed E-state index contributed by atoms with van der Waals surface area (Å²) in [5.41, 5.74) is 5.17. The highest BCUT2D eigenvalue weighted by Crippen LogP contribution is 1.81. The second kappa shape index (κ2) is 10.0. The van der Waals surface area contributed by atoms with Gasteiger partial charge in [-0.2, -0.15) is 0 Å². The molecule has 3 N–H and O–H groups in total. The normalized spacial score (nSPS) is 8.25. The van der Waals surface area contributed by atoms with E-state index in [1.807, 2.05) is 0 Å². The smallest absolute Gasteiger partial charge is 0.0402 e. The van der Waals surface area contributed by atoms with Crippen LogP contribution in [0.5, 0.6) is 0 Å². The van der Waals surface area contributed by atoms with Gasteiger partial charge in [-0.1, -0.05) is 13.8 Å². The zero-order valence-electron chi connectivity index (χ0n) is 6.02. The molecular weight excluding hydrogens is 102 g/mol. The molecule has 0 aromatic carbocycles. The Balaban J connectivity index is 0. The van der Waals surface area contributed by atoms with Gasteiger partial charge in [-0.15, -0.1) is 0 Å². The molecule has 8 heavy (non-hydrogen) atoms. The van der Waals surface area contributed by atoms with Crippen LogP contribution >= 0.6 is 0 Å². The molecular formula is C6H17NO. The summed E-state index contributed by atoms with van der Waals surface area (Å²) >= 11 is 0. The second-order valence-corrected chi connectivity index (χ2v) is 1.95. The van der Waals surface area contributed by atoms with Gasteiger partial charge in [-0.05, 0) is 19.4 Å². The molecule has 0 radical (unpaired) electrons. The van der Waals surface area contributed by atoms with Gasteiger partial charge < -0.3 is 10.8 Å². The average molecular weight is 119 g/mol. The van der Waals surface area contributed by atoms with Crippen molar-refractivity contribution < 1.29 is 5.11 Å². The molecule has 0 aromatic rings. The molecule has 0 spiro atoms. The summed E-state index contributed by atoms with van der Waals surface area (Å²) in [6, 6.07) is 0. The van der Waals surface area contributed by atoms with Gasteiger partial charge in [0.1, 0.15) is 0 Å². The van der Waals surface area contributed by atoms with Crippen LogP contribution < -0.4 is 5.73 Å². The Morgan fingerprint density at radius 3 is 1.62 bits per heavy atom. The number of nitrogens with two attached hydrogens (primary N) is 1. The number of rotatable bonds is 1. The summed E-state index contributed by atoms with van der Waals surface area (Å²) in [5, 5.41) is 7.57. The maximum absolute atomic E-state index is 7.57. The topological polar surface area (TPSA) is 46.2 Å². The van der Waals surface area contributed by atoms with Gasteiger partial charge in [0.2, 0.25) is 0 Å². The molecule has 0 aromatic heterocycles. The first-order valence-electron chi connectivity index (χ1n) is 2.99. The Morgan fingerprint density at radius 2 is 1.62 bits per heavy atom. The number of aliphatic hydroxyl groups excluding tert-OH is 1. The third kappa shape index (κ3) is 38.9. The molecule has 0 aliphatic rings. The van der Waals surface area contributed by atoms with Gasteiger partial charge in [-0.25, -0.2) is 0 Å². The first-order chi connectivity index (χ1) is 3.68. The zero-order valence-corrected chi connectivity index (χ0v) is 6.02. The molecule has 2 nitrogen and oxygen atoms in total. The fraction of sp³-hybridized carbons (Fsp3) is 1.00. The van der Waals surface area contributed by atoms with Crippen LogP contribution in [0.3, 0.4) is 0 Å². The van der Waals surface area contributed by atoms with Gasteiger partial charge in [-0.3, -0.25) is 0 Å². The van der Waals surface area contributed by atoms with Crippen molar-refractivity contribution in [1.82, 2.24) is 0 Å². The van der Waals surface area contributed by atoms with E-state index >= 15 is 0 Å². The van der Waals surface area contributed by atoms with Crippen LogP contribution in [-0.4, -0.2) is 18.3 Å². The quantitative estimate of drug-likeness (QED) is 0.531. The van der Waals surface area contributed by atoms with Crippen LogP contribution in [0.25, 0.3) is 0 Å². The Bertz CT molecular complexity index is 29.7. The van der Waals surface area contributed by atoms with Crippen LogP contribution in [0.4, 0.5) is 0 Å². The number of hydrogen-bond donors (Lipinski definition) is 2. The van der Waals surface area contributed by atoms with E-state index in [-0.39, 0.29) is 6.61 Å². The predicted molar refractivity (Wildman–Crippen MR) is 36.7 cm³/mol. The maximum atomic E-state index is 7.57. The summed E-state index contributed by atoms with van der Waals surface area (Å²) in [5.74, 6) is 0.662. The summed E-state index contributed by atoms with van der Waals surface area (Å²) < 4.78 is 0. The number of aliphatic hydroxyl groups is 1. The van der Waals surface area contributed by atoms with E-state index in [4.69, 9.17) is 10.8 Å². The van der Waals surface area contributed by atoms with Crippen molar-refractivity contribution in [1.29, 1.82) is 0 Å². The molecule has 2 heteroatoms. The summed E-state index contributed by atoms with van der Waals surface area (Å²) in [6.07, 6.45) is 0. The van der Waals surface area contributed by atoms with E-state index in [1.165, 1.54) is 0 Å². The summed E-state index contributed by atoms with van der Waals surface area (Å²) in [6.45, 7) is 6.93. The van der Waals surface area contributed by atoms with Gasteiger partial charge >= 0.3 is 0 Å². The third-order valence-electron chi connectivity index (χ3n) is 0.471. The first kappa shape index (κ1) is 10.8. The third-order valence-corrected chi connectivity index (χ3v) is 0.471. The van der Waals surface area contributed by atoms with Crippen molar-refractivity contribution in [2.45, 2.75) is 20.8 Å². The molecule has 0 amide bonds. The Morgan fingerprint density at radius 1 is 1.50 bits per heavy atom. The minimum absolute atomic E-state index is 0.250. The van der Waals surface area contributed by atoms with Crippen LogP contribution in [-0.2, 0) is 0 Å². The number of hydrogen-bond acceptors (Lipinski definition) is 2. The largest absolute Gasteiger partial charge is 0.397 e. The lowest BCUT2D eigenvalue weighted by Crippen LogP contribution is -2.05. The zero-order chi connectivity index (χ0) is 6.99. The molecule has 0 heterocycles. The van der Waals surface area contributed by atoms with Crippen LogP contribution in [0.15, 0.2) is 0 Å². The van der Waals surface area contributed by atoms with Crippen molar-refractivity contribution in [3.63, 3.8) is 0 Å². The fourth-order valence-corrected chi connectivity index (χ4v) is 0. The van der Waals surface area contributed by atoms with E-state index in [0.29, 0.717) is 5.92 Å². The van der Waals surface area contributed by atoms with Gasteiger partial charge in [0.15, 0.2) is 0 Å². The molecule has 0 aliphatic heterocycles. The molecule has 0 aliphatic carbocycles. The molecule has 0 bridgehead atoms. The van der Waals surface area contributed by atoms with Crippen molar-refractivity contribution in [2.75, 3.05) is 13.2 Å². The molecule has 52 valence electrons. The fourth-order valence-electron chi connectivity index (χ4n) is 0. The molecule has 0 rings (SSSR count). The highest BCUT2D eigenvalue weighted by Gasteiger charge is 1.80. The molecule has 0 saturated heterocycles. The van der Waals surface area contributed by atoms with Crippen LogP contribution in [0.1, 0.15) is 20.8 Å². The van der Waals surface area contributed by atoms with E-state index < -0.39 is 0 Å². The molecule has 0 saturated carbocycles. The lowest BCUT2D eigenvalue weighted by atomic mass is 10.2. The molecule has 0 atom stereocenters. The van der Waals surface area contributed by atoms with Gasteiger partial charge in [0, 0.05) is 6.61 Å². The van der Waals surface area contributed by atoms with Crippen LogP contribution in [0.2, 0.25) is 0 Å². The Labute approximate surface area is 51.7 Å². The summed E-state index contributed by atoms with van der Waals surface area (Å²) in [4.78, 5) is 0. The average Bonchev–Trinajstić information content (AvgIpc) is 1.69. The minimum atomic E-state index is 0.250. The molecule has 0 fully saturated rings.